The van der Waals surface area contributed by atoms with Gasteiger partial charge in [0.2, 0.25) is 11.8 Å². The van der Waals surface area contributed by atoms with Crippen LogP contribution in [0.4, 0.5) is 5.69 Å². The highest BCUT2D eigenvalue weighted by atomic mass is 79.9. The molecule has 2 amide bonds. The van der Waals surface area contributed by atoms with Crippen LogP contribution in [-0.2, 0) is 20.8 Å². The highest BCUT2D eigenvalue weighted by Crippen LogP contribution is 2.52. The lowest BCUT2D eigenvalue weighted by Gasteiger charge is -2.31. The largest absolute Gasteiger partial charge is 0.508 e. The van der Waals surface area contributed by atoms with E-state index in [1.165, 1.54) is 6.07 Å². The van der Waals surface area contributed by atoms with Crippen LogP contribution in [0.2, 0.25) is 0 Å². The Kier molecular flexibility index (Phi) is 5.43. The van der Waals surface area contributed by atoms with Crippen LogP contribution in [0.5, 0.6) is 5.75 Å². The third-order valence-corrected chi connectivity index (χ3v) is 8.07. The molecule has 2 aliphatic heterocycles. The van der Waals surface area contributed by atoms with Crippen LogP contribution in [0.1, 0.15) is 17.2 Å². The first-order chi connectivity index (χ1) is 17.8. The molecule has 0 radical (unpaired) electrons. The van der Waals surface area contributed by atoms with Crippen LogP contribution in [0.3, 0.4) is 0 Å². The predicted molar refractivity (Wildman–Crippen MR) is 140 cm³/mol. The van der Waals surface area contributed by atoms with Gasteiger partial charge in [0.25, 0.3) is 0 Å². The fourth-order valence-electron chi connectivity index (χ4n) is 5.88. The number of carboxylic acid groups (broad SMARTS) is 1. The number of hydrogen-bond donors (Lipinski definition) is 4. The number of anilines is 1. The number of fused-ring (bicyclic) bond motifs is 2. The van der Waals surface area contributed by atoms with E-state index in [2.05, 4.69) is 26.2 Å². The average molecular weight is 560 g/mol. The zero-order valence-electron chi connectivity index (χ0n) is 19.4. The Hall–Kier alpha value is -3.95. The number of imide groups is 1. The molecule has 4 N–H and O–H groups in total. The maximum atomic E-state index is 14.0. The number of carboxylic acids is 1. The zero-order valence-corrected chi connectivity index (χ0v) is 21.0. The number of benzene rings is 3. The monoisotopic (exact) mass is 559 g/mol. The molecule has 37 heavy (non-hydrogen) atoms. The first-order valence-electron chi connectivity index (χ1n) is 11.8. The number of phenols is 1. The Bertz CT molecular complexity index is 1570. The van der Waals surface area contributed by atoms with E-state index in [1.54, 1.807) is 48.7 Å². The van der Waals surface area contributed by atoms with Gasteiger partial charge in [0.15, 0.2) is 0 Å². The Balaban J connectivity index is 1.52. The number of carbonyl (C=O) groups is 3. The molecule has 6 rings (SSSR count). The lowest BCUT2D eigenvalue weighted by atomic mass is 9.76. The Labute approximate surface area is 220 Å². The quantitative estimate of drug-likeness (QED) is 0.272. The zero-order chi connectivity index (χ0) is 25.9. The van der Waals surface area contributed by atoms with Crippen molar-refractivity contribution in [1.82, 2.24) is 10.3 Å². The number of nitrogens with zero attached hydrogens (tertiary/aromatic N) is 1. The summed E-state index contributed by atoms with van der Waals surface area (Å²) in [5, 5.41) is 25.3. The summed E-state index contributed by atoms with van der Waals surface area (Å²) in [7, 11) is 0. The standard InChI is InChI=1S/C28H22BrN3O5/c29-16-9-11-17(12-10-16)32-25(34)22-23(26(32)35)28(27(36)37,31-24(22)19-6-2-4-8-21(19)33)13-15-14-30-20-7-3-1-5-18(15)20/h1-12,14,22-24,30-31,33H,13H2,(H,36,37). The summed E-state index contributed by atoms with van der Waals surface area (Å²) in [6.45, 7) is 0. The van der Waals surface area contributed by atoms with Gasteiger partial charge in [-0.1, -0.05) is 52.3 Å². The van der Waals surface area contributed by atoms with E-state index < -0.39 is 41.2 Å². The molecule has 9 heteroatoms. The second-order valence-electron chi connectivity index (χ2n) is 9.49. The topological polar surface area (TPSA) is 123 Å². The number of aromatic nitrogens is 1. The number of para-hydroxylation sites is 2. The van der Waals surface area contributed by atoms with Crippen LogP contribution in [0.15, 0.2) is 83.5 Å². The van der Waals surface area contributed by atoms with Crippen LogP contribution >= 0.6 is 15.9 Å². The Morgan fingerprint density at radius 1 is 0.973 bits per heavy atom. The second kappa shape index (κ2) is 8.57. The van der Waals surface area contributed by atoms with E-state index in [-0.39, 0.29) is 12.2 Å². The highest BCUT2D eigenvalue weighted by Gasteiger charge is 2.69. The summed E-state index contributed by atoms with van der Waals surface area (Å²) in [6, 6.07) is 19.9. The van der Waals surface area contributed by atoms with E-state index in [1.807, 2.05) is 24.3 Å². The SMILES string of the molecule is O=C1C2C(c3ccccc3O)NC(Cc3c[nH]c4ccccc34)(C(=O)O)C2C(=O)N1c1ccc(Br)cc1. The molecule has 0 spiro atoms. The summed E-state index contributed by atoms with van der Waals surface area (Å²) in [4.78, 5) is 45.2. The van der Waals surface area contributed by atoms with Gasteiger partial charge in [0.1, 0.15) is 11.3 Å². The number of H-pyrrole nitrogens is 1. The van der Waals surface area contributed by atoms with Gasteiger partial charge in [-0.05, 0) is 42.0 Å². The smallest absolute Gasteiger partial charge is 0.325 e. The molecule has 186 valence electrons. The Morgan fingerprint density at radius 2 is 1.68 bits per heavy atom. The van der Waals surface area contributed by atoms with Crippen molar-refractivity contribution < 1.29 is 24.6 Å². The van der Waals surface area contributed by atoms with Crippen molar-refractivity contribution in [2.75, 3.05) is 4.90 Å². The fraction of sp³-hybridized carbons (Fsp3) is 0.179. The first-order valence-corrected chi connectivity index (χ1v) is 12.6. The van der Waals surface area contributed by atoms with Crippen LogP contribution in [0, 0.1) is 11.8 Å². The van der Waals surface area contributed by atoms with Crippen molar-refractivity contribution >= 4 is 50.3 Å². The normalized spacial score (nSPS) is 25.1. The predicted octanol–water partition coefficient (Wildman–Crippen LogP) is 4.15. The molecule has 0 saturated carbocycles. The van der Waals surface area contributed by atoms with Gasteiger partial charge in [-0.2, -0.15) is 0 Å². The van der Waals surface area contributed by atoms with Crippen molar-refractivity contribution in [3.8, 4) is 5.75 Å². The van der Waals surface area contributed by atoms with Crippen molar-refractivity contribution in [1.29, 1.82) is 0 Å². The number of hydrogen-bond acceptors (Lipinski definition) is 5. The maximum Gasteiger partial charge on any atom is 0.325 e. The minimum absolute atomic E-state index is 0.0369. The lowest BCUT2D eigenvalue weighted by Crippen LogP contribution is -2.57. The molecule has 2 aliphatic rings. The minimum Gasteiger partial charge on any atom is -0.508 e. The van der Waals surface area contributed by atoms with E-state index in [9.17, 15) is 24.6 Å². The number of nitrogens with one attached hydrogen (secondary N) is 2. The summed E-state index contributed by atoms with van der Waals surface area (Å²) in [5.41, 5.74) is 0.507. The summed E-state index contributed by atoms with van der Waals surface area (Å²) in [5.74, 6) is -4.60. The molecule has 1 aromatic heterocycles. The van der Waals surface area contributed by atoms with Crippen molar-refractivity contribution in [2.45, 2.75) is 18.0 Å². The second-order valence-corrected chi connectivity index (χ2v) is 10.4. The van der Waals surface area contributed by atoms with Gasteiger partial charge in [0, 0.05) is 39.6 Å². The molecule has 4 atom stereocenters. The number of aromatic amines is 1. The molecule has 8 nitrogen and oxygen atoms in total. The van der Waals surface area contributed by atoms with Crippen molar-refractivity contribution in [3.05, 3.63) is 94.6 Å². The molecule has 4 aromatic rings. The van der Waals surface area contributed by atoms with Gasteiger partial charge in [-0.25, -0.2) is 4.90 Å². The van der Waals surface area contributed by atoms with Crippen LogP contribution < -0.4 is 10.2 Å². The molecular formula is C28H22BrN3O5. The maximum absolute atomic E-state index is 14.0. The van der Waals surface area contributed by atoms with Crippen molar-refractivity contribution in [3.63, 3.8) is 0 Å². The van der Waals surface area contributed by atoms with Crippen LogP contribution in [0.25, 0.3) is 10.9 Å². The van der Waals surface area contributed by atoms with Crippen LogP contribution in [-0.4, -0.2) is 38.5 Å². The molecule has 3 heterocycles. The number of carbonyl (C=O) groups excluding carboxylic acids is 2. The number of halogens is 1. The van der Waals surface area contributed by atoms with Gasteiger partial charge < -0.3 is 15.2 Å². The van der Waals surface area contributed by atoms with Crippen molar-refractivity contribution in [2.24, 2.45) is 11.8 Å². The number of aliphatic carboxylic acids is 1. The minimum atomic E-state index is -1.79. The molecule has 2 saturated heterocycles. The average Bonchev–Trinajstić information content (AvgIpc) is 3.53. The number of rotatable bonds is 5. The molecule has 2 fully saturated rings. The number of phenolic OH excluding ortho intramolecular Hbond substituents is 1. The number of amides is 2. The van der Waals surface area contributed by atoms with E-state index in [0.717, 1.165) is 20.3 Å². The molecular weight excluding hydrogens is 538 g/mol. The Morgan fingerprint density at radius 3 is 2.41 bits per heavy atom. The highest BCUT2D eigenvalue weighted by molar-refractivity contribution is 9.10. The summed E-state index contributed by atoms with van der Waals surface area (Å²) in [6.07, 6.45) is 1.71. The summed E-state index contributed by atoms with van der Waals surface area (Å²) < 4.78 is 0.781. The van der Waals surface area contributed by atoms with E-state index in [4.69, 9.17) is 0 Å². The molecule has 3 aromatic carbocycles. The first kappa shape index (κ1) is 23.4. The molecule has 0 aliphatic carbocycles. The fourth-order valence-corrected chi connectivity index (χ4v) is 6.14. The van der Waals surface area contributed by atoms with Gasteiger partial charge >= 0.3 is 5.97 Å². The lowest BCUT2D eigenvalue weighted by molar-refractivity contribution is -0.148. The molecule has 4 unspecified atom stereocenters. The van der Waals surface area contributed by atoms with Gasteiger partial charge in [0.05, 0.1) is 17.5 Å². The van der Waals surface area contributed by atoms with Gasteiger partial charge in [-0.15, -0.1) is 0 Å². The number of aromatic hydroxyl groups is 1. The third kappa shape index (κ3) is 3.49. The molecule has 0 bridgehead atoms. The van der Waals surface area contributed by atoms with Gasteiger partial charge in [-0.3, -0.25) is 19.7 Å². The summed E-state index contributed by atoms with van der Waals surface area (Å²) >= 11 is 3.36. The van der Waals surface area contributed by atoms with E-state index in [0.29, 0.717) is 16.8 Å². The van der Waals surface area contributed by atoms with E-state index >= 15 is 0 Å². The third-order valence-electron chi connectivity index (χ3n) is 7.54.